The third-order valence-electron chi connectivity index (χ3n) is 6.08. The lowest BCUT2D eigenvalue weighted by molar-refractivity contribution is -0.137. The first-order valence-electron chi connectivity index (χ1n) is 10.5. The zero-order valence-electron chi connectivity index (χ0n) is 18.5. The Morgan fingerprint density at radius 2 is 1.70 bits per heavy atom. The Labute approximate surface area is 179 Å². The van der Waals surface area contributed by atoms with Crippen LogP contribution in [0.4, 0.5) is 0 Å². The molecule has 1 N–H and O–H groups in total. The van der Waals surface area contributed by atoms with Crippen LogP contribution in [0.2, 0.25) is 0 Å². The first-order chi connectivity index (χ1) is 14.2. The van der Waals surface area contributed by atoms with Crippen molar-refractivity contribution in [3.8, 4) is 0 Å². The van der Waals surface area contributed by atoms with E-state index in [9.17, 15) is 10.0 Å². The normalized spacial score (nSPS) is 17.6. The molecule has 4 nitrogen and oxygen atoms in total. The van der Waals surface area contributed by atoms with Gasteiger partial charge in [0.1, 0.15) is 5.71 Å². The molecule has 0 saturated carbocycles. The number of nitrogens with zero attached hydrogens (tertiary/aromatic N) is 1. The standard InChI is InChI=1S/C26H31NO3/c1-6-30-23(28)13-10-18-8-7-9-19(16-18)24(27-29)20-11-12-21-22(17-20)26(4,5)15-14-25(21,2)3/h7-13,16-17,29H,6,14-15H2,1-5H3. The number of carbonyl (C=O) groups is 1. The summed E-state index contributed by atoms with van der Waals surface area (Å²) in [5.41, 5.74) is 5.92. The van der Waals surface area contributed by atoms with E-state index in [2.05, 4.69) is 45.0 Å². The molecule has 1 aliphatic carbocycles. The maximum absolute atomic E-state index is 11.6. The van der Waals surface area contributed by atoms with Crippen molar-refractivity contribution in [1.29, 1.82) is 0 Å². The Balaban J connectivity index is 1.98. The summed E-state index contributed by atoms with van der Waals surface area (Å²) in [4.78, 5) is 11.6. The van der Waals surface area contributed by atoms with Crippen molar-refractivity contribution in [2.75, 3.05) is 6.61 Å². The van der Waals surface area contributed by atoms with Gasteiger partial charge in [0, 0.05) is 17.2 Å². The molecule has 0 aromatic heterocycles. The van der Waals surface area contributed by atoms with Gasteiger partial charge in [-0.15, -0.1) is 0 Å². The molecule has 0 fully saturated rings. The van der Waals surface area contributed by atoms with Crippen LogP contribution in [0.25, 0.3) is 6.08 Å². The van der Waals surface area contributed by atoms with Crippen molar-refractivity contribution in [2.24, 2.45) is 5.16 Å². The van der Waals surface area contributed by atoms with Gasteiger partial charge in [-0.3, -0.25) is 0 Å². The third-order valence-corrected chi connectivity index (χ3v) is 6.08. The van der Waals surface area contributed by atoms with Gasteiger partial charge in [-0.05, 0) is 65.5 Å². The molecule has 0 bridgehead atoms. The van der Waals surface area contributed by atoms with Crippen LogP contribution >= 0.6 is 0 Å². The molecule has 0 unspecified atom stereocenters. The number of oxime groups is 1. The van der Waals surface area contributed by atoms with Crippen molar-refractivity contribution in [3.05, 3.63) is 76.4 Å². The highest BCUT2D eigenvalue weighted by Crippen LogP contribution is 2.46. The molecule has 0 aliphatic heterocycles. The second-order valence-electron chi connectivity index (χ2n) is 9.19. The molecule has 1 aliphatic rings. The minimum atomic E-state index is -0.376. The van der Waals surface area contributed by atoms with E-state index in [4.69, 9.17) is 4.74 Å². The van der Waals surface area contributed by atoms with Gasteiger partial charge in [-0.1, -0.05) is 63.2 Å². The van der Waals surface area contributed by atoms with Gasteiger partial charge in [0.25, 0.3) is 0 Å². The fourth-order valence-corrected chi connectivity index (χ4v) is 4.16. The summed E-state index contributed by atoms with van der Waals surface area (Å²) >= 11 is 0. The number of fused-ring (bicyclic) bond motifs is 1. The summed E-state index contributed by atoms with van der Waals surface area (Å²) in [7, 11) is 0. The van der Waals surface area contributed by atoms with Gasteiger partial charge < -0.3 is 9.94 Å². The molecule has 0 radical (unpaired) electrons. The number of hydrogen-bond acceptors (Lipinski definition) is 4. The number of benzene rings is 2. The Hall–Kier alpha value is -2.88. The molecule has 0 spiro atoms. The molecule has 0 amide bonds. The third kappa shape index (κ3) is 4.48. The molecule has 2 aromatic rings. The summed E-state index contributed by atoms with van der Waals surface area (Å²) in [6, 6.07) is 14.0. The SMILES string of the molecule is CCOC(=O)C=Cc1cccc(C(=NO)c2ccc3c(c2)C(C)(C)CCC3(C)C)c1. The van der Waals surface area contributed by atoms with E-state index in [1.165, 1.54) is 17.2 Å². The van der Waals surface area contributed by atoms with E-state index < -0.39 is 0 Å². The summed E-state index contributed by atoms with van der Waals surface area (Å²) in [5, 5.41) is 13.5. The molecule has 4 heteroatoms. The van der Waals surface area contributed by atoms with Crippen LogP contribution in [0.3, 0.4) is 0 Å². The smallest absolute Gasteiger partial charge is 0.330 e. The zero-order chi connectivity index (χ0) is 21.9. The number of esters is 1. The van der Waals surface area contributed by atoms with Gasteiger partial charge in [0.05, 0.1) is 6.61 Å². The molecule has 3 rings (SSSR count). The molecule has 0 heterocycles. The molecule has 30 heavy (non-hydrogen) atoms. The summed E-state index contributed by atoms with van der Waals surface area (Å²) in [5.74, 6) is -0.376. The summed E-state index contributed by atoms with van der Waals surface area (Å²) < 4.78 is 4.93. The lowest BCUT2D eigenvalue weighted by atomic mass is 9.63. The van der Waals surface area contributed by atoms with Crippen LogP contribution in [-0.2, 0) is 20.4 Å². The lowest BCUT2D eigenvalue weighted by Gasteiger charge is -2.42. The largest absolute Gasteiger partial charge is 0.463 e. The highest BCUT2D eigenvalue weighted by molar-refractivity contribution is 6.13. The summed E-state index contributed by atoms with van der Waals surface area (Å²) in [6.45, 7) is 11.3. The van der Waals surface area contributed by atoms with Crippen molar-refractivity contribution in [2.45, 2.75) is 58.3 Å². The van der Waals surface area contributed by atoms with Gasteiger partial charge in [0.2, 0.25) is 0 Å². The van der Waals surface area contributed by atoms with Gasteiger partial charge in [-0.25, -0.2) is 4.79 Å². The number of ether oxygens (including phenoxy) is 1. The quantitative estimate of drug-likeness (QED) is 0.224. The number of hydrogen-bond donors (Lipinski definition) is 1. The van der Waals surface area contributed by atoms with Gasteiger partial charge in [-0.2, -0.15) is 0 Å². The molecule has 158 valence electrons. The Morgan fingerprint density at radius 1 is 1.03 bits per heavy atom. The van der Waals surface area contributed by atoms with Crippen LogP contribution in [-0.4, -0.2) is 23.5 Å². The average molecular weight is 406 g/mol. The van der Waals surface area contributed by atoms with Crippen molar-refractivity contribution in [3.63, 3.8) is 0 Å². The van der Waals surface area contributed by atoms with E-state index in [0.29, 0.717) is 12.3 Å². The predicted octanol–water partition coefficient (Wildman–Crippen LogP) is 5.84. The van der Waals surface area contributed by atoms with Crippen molar-refractivity contribution < 1.29 is 14.7 Å². The molecule has 0 atom stereocenters. The van der Waals surface area contributed by atoms with Crippen molar-refractivity contribution >= 4 is 17.8 Å². The van der Waals surface area contributed by atoms with Crippen LogP contribution < -0.4 is 0 Å². The highest BCUT2D eigenvalue weighted by atomic mass is 16.5. The van der Waals surface area contributed by atoms with Crippen LogP contribution in [0, 0.1) is 0 Å². The summed E-state index contributed by atoms with van der Waals surface area (Å²) in [6.07, 6.45) is 5.38. The predicted molar refractivity (Wildman–Crippen MR) is 121 cm³/mol. The highest BCUT2D eigenvalue weighted by Gasteiger charge is 2.37. The van der Waals surface area contributed by atoms with E-state index in [0.717, 1.165) is 29.5 Å². The Kier molecular flexibility index (Phi) is 6.16. The van der Waals surface area contributed by atoms with Crippen LogP contribution in [0.5, 0.6) is 0 Å². The Bertz CT molecular complexity index is 999. The van der Waals surface area contributed by atoms with E-state index in [1.807, 2.05) is 30.3 Å². The van der Waals surface area contributed by atoms with Crippen LogP contribution in [0.15, 0.2) is 53.7 Å². The molecular formula is C26H31NO3. The van der Waals surface area contributed by atoms with Gasteiger partial charge in [0.15, 0.2) is 0 Å². The fourth-order valence-electron chi connectivity index (χ4n) is 4.16. The molecular weight excluding hydrogens is 374 g/mol. The number of carbonyl (C=O) groups excluding carboxylic acids is 1. The second-order valence-corrected chi connectivity index (χ2v) is 9.19. The Morgan fingerprint density at radius 3 is 2.37 bits per heavy atom. The molecule has 2 aromatic carbocycles. The van der Waals surface area contributed by atoms with Crippen molar-refractivity contribution in [1.82, 2.24) is 0 Å². The lowest BCUT2D eigenvalue weighted by Crippen LogP contribution is -2.34. The average Bonchev–Trinajstić information content (AvgIpc) is 2.71. The second kappa shape index (κ2) is 8.47. The van der Waals surface area contributed by atoms with E-state index >= 15 is 0 Å². The zero-order valence-corrected chi connectivity index (χ0v) is 18.5. The monoisotopic (exact) mass is 405 g/mol. The minimum Gasteiger partial charge on any atom is -0.463 e. The topological polar surface area (TPSA) is 58.9 Å². The van der Waals surface area contributed by atoms with Gasteiger partial charge >= 0.3 is 5.97 Å². The van der Waals surface area contributed by atoms with E-state index in [-0.39, 0.29) is 16.8 Å². The molecule has 0 saturated heterocycles. The maximum atomic E-state index is 11.6. The van der Waals surface area contributed by atoms with E-state index in [1.54, 1.807) is 13.0 Å². The minimum absolute atomic E-state index is 0.0751. The first kappa shape index (κ1) is 21.8. The van der Waals surface area contributed by atoms with Crippen LogP contribution in [0.1, 0.15) is 75.3 Å². The fraction of sp³-hybridized carbons (Fsp3) is 0.385. The first-order valence-corrected chi connectivity index (χ1v) is 10.5. The number of rotatable bonds is 5. The maximum Gasteiger partial charge on any atom is 0.330 e.